The van der Waals surface area contributed by atoms with Crippen LogP contribution in [0.15, 0.2) is 57.9 Å². The number of halogens is 1. The van der Waals surface area contributed by atoms with Gasteiger partial charge in [-0.1, -0.05) is 52.3 Å². The summed E-state index contributed by atoms with van der Waals surface area (Å²) >= 11 is 5.61. The van der Waals surface area contributed by atoms with Gasteiger partial charge >= 0.3 is 0 Å². The topological polar surface area (TPSA) is 12.0 Å². The number of hydrogen-bond donors (Lipinski definition) is 1. The Morgan fingerprint density at radius 2 is 1.95 bits per heavy atom. The standard InChI is InChI=1S/C17H18BrNS/c1-12(14-6-2-4-8-16(14)18)19-10-13-11-20-17-9-5-3-7-15(13)17/h2-9,12-13,19H,10-11H2,1H3/t12-,13?/m1/s1. The van der Waals surface area contributed by atoms with Crippen LogP contribution < -0.4 is 5.32 Å². The summed E-state index contributed by atoms with van der Waals surface area (Å²) in [6, 6.07) is 17.6. The molecule has 104 valence electrons. The maximum Gasteiger partial charge on any atom is 0.0303 e. The van der Waals surface area contributed by atoms with Gasteiger partial charge < -0.3 is 5.32 Å². The fourth-order valence-electron chi connectivity index (χ4n) is 2.65. The first-order chi connectivity index (χ1) is 9.75. The highest BCUT2D eigenvalue weighted by Crippen LogP contribution is 2.39. The van der Waals surface area contributed by atoms with Crippen molar-refractivity contribution in [2.75, 3.05) is 12.3 Å². The molecule has 0 radical (unpaired) electrons. The van der Waals surface area contributed by atoms with Gasteiger partial charge in [0.2, 0.25) is 0 Å². The molecule has 0 aliphatic carbocycles. The minimum Gasteiger partial charge on any atom is -0.310 e. The fourth-order valence-corrected chi connectivity index (χ4v) is 4.54. The number of rotatable bonds is 4. The molecule has 1 unspecified atom stereocenters. The van der Waals surface area contributed by atoms with E-state index < -0.39 is 0 Å². The predicted octanol–water partition coefficient (Wildman–Crippen LogP) is 4.99. The summed E-state index contributed by atoms with van der Waals surface area (Å²) in [5, 5.41) is 3.68. The Morgan fingerprint density at radius 1 is 1.20 bits per heavy atom. The van der Waals surface area contributed by atoms with Crippen LogP contribution >= 0.6 is 27.7 Å². The second kappa shape index (κ2) is 6.33. The molecule has 0 fully saturated rings. The first kappa shape index (κ1) is 14.2. The van der Waals surface area contributed by atoms with Crippen molar-refractivity contribution in [3.8, 4) is 0 Å². The lowest BCUT2D eigenvalue weighted by Gasteiger charge is -2.19. The Hall–Kier alpha value is -0.770. The Morgan fingerprint density at radius 3 is 2.80 bits per heavy atom. The molecule has 2 aromatic carbocycles. The van der Waals surface area contributed by atoms with Crippen LogP contribution in [0.25, 0.3) is 0 Å². The van der Waals surface area contributed by atoms with Crippen LogP contribution in [0.1, 0.15) is 30.0 Å². The van der Waals surface area contributed by atoms with Crippen LogP contribution in [0.2, 0.25) is 0 Å². The molecule has 3 heteroatoms. The molecule has 0 aromatic heterocycles. The van der Waals surface area contributed by atoms with Gasteiger partial charge in [-0.3, -0.25) is 0 Å². The fraction of sp³-hybridized carbons (Fsp3) is 0.294. The summed E-state index contributed by atoms with van der Waals surface area (Å²) < 4.78 is 1.18. The summed E-state index contributed by atoms with van der Waals surface area (Å²) in [5.41, 5.74) is 2.83. The zero-order valence-electron chi connectivity index (χ0n) is 11.5. The molecule has 2 aromatic rings. The third-order valence-electron chi connectivity index (χ3n) is 3.84. The average molecular weight is 348 g/mol. The van der Waals surface area contributed by atoms with E-state index in [-0.39, 0.29) is 0 Å². The van der Waals surface area contributed by atoms with Crippen molar-refractivity contribution in [3.05, 3.63) is 64.1 Å². The molecule has 0 amide bonds. The zero-order valence-corrected chi connectivity index (χ0v) is 13.9. The van der Waals surface area contributed by atoms with Crippen molar-refractivity contribution in [2.45, 2.75) is 23.8 Å². The molecule has 1 heterocycles. The normalized spacial score (nSPS) is 18.8. The van der Waals surface area contributed by atoms with E-state index >= 15 is 0 Å². The Bertz CT molecular complexity index is 599. The summed E-state index contributed by atoms with van der Waals surface area (Å²) in [6.07, 6.45) is 0. The molecule has 0 bridgehead atoms. The zero-order chi connectivity index (χ0) is 13.9. The smallest absolute Gasteiger partial charge is 0.0303 e. The number of thioether (sulfide) groups is 1. The van der Waals surface area contributed by atoms with Crippen LogP contribution in [0.3, 0.4) is 0 Å². The van der Waals surface area contributed by atoms with Gasteiger partial charge in [-0.05, 0) is 30.2 Å². The lowest BCUT2D eigenvalue weighted by Crippen LogP contribution is -2.25. The van der Waals surface area contributed by atoms with E-state index in [1.807, 2.05) is 11.8 Å². The molecule has 1 N–H and O–H groups in total. The quantitative estimate of drug-likeness (QED) is 0.835. The van der Waals surface area contributed by atoms with Crippen molar-refractivity contribution in [1.29, 1.82) is 0 Å². The van der Waals surface area contributed by atoms with Crippen LogP contribution in [-0.4, -0.2) is 12.3 Å². The van der Waals surface area contributed by atoms with Gasteiger partial charge in [-0.2, -0.15) is 0 Å². The summed E-state index contributed by atoms with van der Waals surface area (Å²) in [7, 11) is 0. The highest BCUT2D eigenvalue weighted by Gasteiger charge is 2.23. The molecule has 0 saturated carbocycles. The van der Waals surface area contributed by atoms with E-state index in [1.54, 1.807) is 0 Å². The van der Waals surface area contributed by atoms with E-state index in [4.69, 9.17) is 0 Å². The minimum atomic E-state index is 0.364. The molecule has 0 spiro atoms. The molecular weight excluding hydrogens is 330 g/mol. The predicted molar refractivity (Wildman–Crippen MR) is 90.5 cm³/mol. The van der Waals surface area contributed by atoms with Gasteiger partial charge in [0.1, 0.15) is 0 Å². The van der Waals surface area contributed by atoms with Crippen molar-refractivity contribution >= 4 is 27.7 Å². The molecule has 1 nitrogen and oxygen atoms in total. The van der Waals surface area contributed by atoms with Gasteiger partial charge in [-0.25, -0.2) is 0 Å². The molecule has 1 aliphatic heterocycles. The SMILES string of the molecule is C[C@@H](NCC1CSc2ccccc21)c1ccccc1Br. The lowest BCUT2D eigenvalue weighted by atomic mass is 10.0. The largest absolute Gasteiger partial charge is 0.310 e. The van der Waals surface area contributed by atoms with Crippen LogP contribution in [-0.2, 0) is 0 Å². The molecule has 20 heavy (non-hydrogen) atoms. The number of nitrogens with one attached hydrogen (secondary N) is 1. The number of benzene rings is 2. The van der Waals surface area contributed by atoms with Crippen molar-refractivity contribution < 1.29 is 0 Å². The van der Waals surface area contributed by atoms with Crippen molar-refractivity contribution in [2.24, 2.45) is 0 Å². The maximum absolute atomic E-state index is 3.68. The molecule has 2 atom stereocenters. The minimum absolute atomic E-state index is 0.364. The van der Waals surface area contributed by atoms with E-state index in [0.29, 0.717) is 12.0 Å². The molecular formula is C17H18BrNS. The summed E-state index contributed by atoms with van der Waals surface area (Å²) in [6.45, 7) is 3.26. The Kier molecular flexibility index (Phi) is 4.49. The van der Waals surface area contributed by atoms with E-state index in [0.717, 1.165) is 6.54 Å². The van der Waals surface area contributed by atoms with Gasteiger partial charge in [0.15, 0.2) is 0 Å². The van der Waals surface area contributed by atoms with Gasteiger partial charge in [0.05, 0.1) is 0 Å². The Labute approximate surface area is 133 Å². The van der Waals surface area contributed by atoms with E-state index in [9.17, 15) is 0 Å². The third kappa shape index (κ3) is 2.95. The number of hydrogen-bond acceptors (Lipinski definition) is 2. The molecule has 1 aliphatic rings. The molecule has 0 saturated heterocycles. The average Bonchev–Trinajstić information content (AvgIpc) is 2.88. The van der Waals surface area contributed by atoms with Gasteiger partial charge in [0.25, 0.3) is 0 Å². The second-order valence-corrected chi connectivity index (χ2v) is 7.11. The van der Waals surface area contributed by atoms with Crippen molar-refractivity contribution in [1.82, 2.24) is 5.32 Å². The monoisotopic (exact) mass is 347 g/mol. The highest BCUT2D eigenvalue weighted by molar-refractivity contribution is 9.10. The first-order valence-corrected chi connectivity index (χ1v) is 8.73. The van der Waals surface area contributed by atoms with Crippen LogP contribution in [0, 0.1) is 0 Å². The summed E-state index contributed by atoms with van der Waals surface area (Å²) in [5.74, 6) is 1.82. The van der Waals surface area contributed by atoms with Crippen LogP contribution in [0.4, 0.5) is 0 Å². The van der Waals surface area contributed by atoms with E-state index in [2.05, 4.69) is 76.7 Å². The summed E-state index contributed by atoms with van der Waals surface area (Å²) in [4.78, 5) is 1.45. The van der Waals surface area contributed by atoms with Crippen LogP contribution in [0.5, 0.6) is 0 Å². The highest BCUT2D eigenvalue weighted by atomic mass is 79.9. The lowest BCUT2D eigenvalue weighted by molar-refractivity contribution is 0.539. The maximum atomic E-state index is 3.68. The Balaban J connectivity index is 1.65. The number of fused-ring (bicyclic) bond motifs is 1. The first-order valence-electron chi connectivity index (χ1n) is 6.95. The second-order valence-electron chi connectivity index (χ2n) is 5.20. The van der Waals surface area contributed by atoms with E-state index in [1.165, 1.54) is 26.2 Å². The van der Waals surface area contributed by atoms with Gasteiger partial charge in [-0.15, -0.1) is 11.8 Å². The van der Waals surface area contributed by atoms with Gasteiger partial charge in [0, 0.05) is 33.6 Å². The molecule has 3 rings (SSSR count). The van der Waals surface area contributed by atoms with Crippen molar-refractivity contribution in [3.63, 3.8) is 0 Å². The third-order valence-corrected chi connectivity index (χ3v) is 5.82.